The van der Waals surface area contributed by atoms with E-state index >= 15 is 0 Å². The van der Waals surface area contributed by atoms with Crippen LogP contribution in [0.15, 0.2) is 42.5 Å². The molecule has 2 aliphatic heterocycles. The SMILES string of the molecule is COc1ccc2c(c1)OC1(CCN(C(=O)/C=C/c3ccc(OC(C)=O)c(OC)c3)CC1)CC2=O. The number of fused-ring (bicyclic) bond motifs is 1. The number of ether oxygens (including phenoxy) is 4. The molecule has 1 saturated heterocycles. The molecule has 178 valence electrons. The number of nitrogens with zero attached hydrogens (tertiary/aromatic N) is 1. The molecule has 0 atom stereocenters. The van der Waals surface area contributed by atoms with Gasteiger partial charge in [0.25, 0.3) is 0 Å². The molecule has 8 heteroatoms. The third-order valence-corrected chi connectivity index (χ3v) is 6.14. The maximum Gasteiger partial charge on any atom is 0.308 e. The van der Waals surface area contributed by atoms with Gasteiger partial charge in [-0.15, -0.1) is 0 Å². The summed E-state index contributed by atoms with van der Waals surface area (Å²) in [6.07, 6.45) is 4.64. The van der Waals surface area contributed by atoms with Crippen LogP contribution in [0.5, 0.6) is 23.0 Å². The molecule has 0 saturated carbocycles. The lowest BCUT2D eigenvalue weighted by molar-refractivity contribution is -0.132. The highest BCUT2D eigenvalue weighted by atomic mass is 16.6. The van der Waals surface area contributed by atoms with Gasteiger partial charge in [0, 0.05) is 45.0 Å². The van der Waals surface area contributed by atoms with Crippen LogP contribution < -0.4 is 18.9 Å². The average Bonchev–Trinajstić information content (AvgIpc) is 2.82. The van der Waals surface area contributed by atoms with Crippen LogP contribution in [0, 0.1) is 0 Å². The minimum atomic E-state index is -0.600. The van der Waals surface area contributed by atoms with Crippen molar-refractivity contribution < 1.29 is 33.3 Å². The maximum absolute atomic E-state index is 12.8. The van der Waals surface area contributed by atoms with E-state index in [1.807, 2.05) is 0 Å². The number of piperidine rings is 1. The molecule has 8 nitrogen and oxygen atoms in total. The molecular weight excluding hydrogens is 438 g/mol. The first-order chi connectivity index (χ1) is 16.3. The number of rotatable bonds is 5. The Morgan fingerprint density at radius 1 is 1.03 bits per heavy atom. The monoisotopic (exact) mass is 465 g/mol. The zero-order valence-electron chi connectivity index (χ0n) is 19.5. The molecule has 2 aromatic rings. The molecule has 1 amide bonds. The van der Waals surface area contributed by atoms with E-state index < -0.39 is 11.6 Å². The summed E-state index contributed by atoms with van der Waals surface area (Å²) in [4.78, 5) is 38.4. The zero-order valence-corrected chi connectivity index (χ0v) is 19.5. The lowest BCUT2D eigenvalue weighted by atomic mass is 9.82. The van der Waals surface area contributed by atoms with Crippen molar-refractivity contribution in [1.82, 2.24) is 4.90 Å². The molecule has 0 bridgehead atoms. The van der Waals surface area contributed by atoms with Gasteiger partial charge < -0.3 is 23.8 Å². The third kappa shape index (κ3) is 4.90. The third-order valence-electron chi connectivity index (χ3n) is 6.14. The first-order valence-corrected chi connectivity index (χ1v) is 11.1. The largest absolute Gasteiger partial charge is 0.497 e. The van der Waals surface area contributed by atoms with Crippen LogP contribution in [0.3, 0.4) is 0 Å². The summed E-state index contributed by atoms with van der Waals surface area (Å²) >= 11 is 0. The first-order valence-electron chi connectivity index (χ1n) is 11.1. The highest BCUT2D eigenvalue weighted by molar-refractivity contribution is 6.00. The smallest absolute Gasteiger partial charge is 0.308 e. The number of Topliss-reactive ketones (excluding diaryl/α,β-unsaturated/α-hetero) is 1. The maximum atomic E-state index is 12.8. The van der Waals surface area contributed by atoms with Gasteiger partial charge in [-0.25, -0.2) is 0 Å². The summed E-state index contributed by atoms with van der Waals surface area (Å²) in [7, 11) is 3.06. The quantitative estimate of drug-likeness (QED) is 0.378. The second kappa shape index (κ2) is 9.59. The van der Waals surface area contributed by atoms with Gasteiger partial charge in [-0.05, 0) is 35.9 Å². The van der Waals surface area contributed by atoms with E-state index in [4.69, 9.17) is 18.9 Å². The molecule has 4 rings (SSSR count). The van der Waals surface area contributed by atoms with Crippen LogP contribution >= 0.6 is 0 Å². The normalized spacial score (nSPS) is 16.7. The summed E-state index contributed by atoms with van der Waals surface area (Å²) in [6.45, 7) is 2.30. The molecule has 2 aliphatic rings. The Morgan fingerprint density at radius 3 is 2.47 bits per heavy atom. The Labute approximate surface area is 198 Å². The summed E-state index contributed by atoms with van der Waals surface area (Å²) in [5.41, 5.74) is 0.709. The topological polar surface area (TPSA) is 91.4 Å². The van der Waals surface area contributed by atoms with Crippen LogP contribution in [0.4, 0.5) is 0 Å². The van der Waals surface area contributed by atoms with Crippen molar-refractivity contribution in [2.24, 2.45) is 0 Å². The van der Waals surface area contributed by atoms with Crippen LogP contribution in [-0.2, 0) is 9.59 Å². The van der Waals surface area contributed by atoms with Crippen LogP contribution in [0.25, 0.3) is 6.08 Å². The summed E-state index contributed by atoms with van der Waals surface area (Å²) in [5, 5.41) is 0. The number of carbonyl (C=O) groups is 3. The summed E-state index contributed by atoms with van der Waals surface area (Å²) in [6, 6.07) is 10.3. The summed E-state index contributed by atoms with van der Waals surface area (Å²) < 4.78 is 21.9. The van der Waals surface area contributed by atoms with E-state index in [2.05, 4.69) is 0 Å². The van der Waals surface area contributed by atoms with Gasteiger partial charge >= 0.3 is 5.97 Å². The lowest BCUT2D eigenvalue weighted by Gasteiger charge is -2.43. The van der Waals surface area contributed by atoms with Crippen molar-refractivity contribution in [3.8, 4) is 23.0 Å². The second-order valence-corrected chi connectivity index (χ2v) is 8.41. The van der Waals surface area contributed by atoms with E-state index in [-0.39, 0.29) is 11.7 Å². The van der Waals surface area contributed by atoms with Crippen molar-refractivity contribution in [2.75, 3.05) is 27.3 Å². The standard InChI is InChI=1S/C26H27NO7/c1-17(28)33-22-8-4-18(14-24(22)32-3)5-9-25(30)27-12-10-26(11-13-27)16-21(29)20-7-6-19(31-2)15-23(20)34-26/h4-9,14-15H,10-13,16H2,1-3H3/b9-5+. The molecule has 2 heterocycles. The summed E-state index contributed by atoms with van der Waals surface area (Å²) in [5.74, 6) is 1.39. The number of benzene rings is 2. The number of carbonyl (C=O) groups excluding carboxylic acids is 3. The zero-order chi connectivity index (χ0) is 24.3. The molecule has 1 fully saturated rings. The van der Waals surface area contributed by atoms with Crippen LogP contribution in [0.2, 0.25) is 0 Å². The molecule has 0 unspecified atom stereocenters. The van der Waals surface area contributed by atoms with E-state index in [0.717, 1.165) is 5.56 Å². The molecule has 0 N–H and O–H groups in total. The molecule has 34 heavy (non-hydrogen) atoms. The van der Waals surface area contributed by atoms with Gasteiger partial charge in [-0.2, -0.15) is 0 Å². The van der Waals surface area contributed by atoms with Gasteiger partial charge in [-0.3, -0.25) is 14.4 Å². The van der Waals surface area contributed by atoms with Gasteiger partial charge in [0.1, 0.15) is 17.1 Å². The fraction of sp³-hybridized carbons (Fsp3) is 0.346. The Hall–Kier alpha value is -3.81. The van der Waals surface area contributed by atoms with Gasteiger partial charge in [0.05, 0.1) is 26.2 Å². The Morgan fingerprint density at radius 2 is 1.79 bits per heavy atom. The molecule has 0 aromatic heterocycles. The van der Waals surface area contributed by atoms with Crippen molar-refractivity contribution in [1.29, 1.82) is 0 Å². The molecule has 2 aromatic carbocycles. The molecule has 1 spiro atoms. The fourth-order valence-corrected chi connectivity index (χ4v) is 4.32. The minimum Gasteiger partial charge on any atom is -0.497 e. The van der Waals surface area contributed by atoms with Gasteiger partial charge in [0.2, 0.25) is 5.91 Å². The van der Waals surface area contributed by atoms with Gasteiger partial charge in [-0.1, -0.05) is 6.07 Å². The number of amides is 1. The Balaban J connectivity index is 1.40. The number of ketones is 1. The van der Waals surface area contributed by atoms with Gasteiger partial charge in [0.15, 0.2) is 17.3 Å². The molecular formula is C26H27NO7. The van der Waals surface area contributed by atoms with E-state index in [1.54, 1.807) is 54.5 Å². The minimum absolute atomic E-state index is 0.0507. The van der Waals surface area contributed by atoms with Crippen LogP contribution in [0.1, 0.15) is 42.1 Å². The highest BCUT2D eigenvalue weighted by Gasteiger charge is 2.43. The predicted octanol–water partition coefficient (Wildman–Crippen LogP) is 3.67. The van der Waals surface area contributed by atoms with E-state index in [9.17, 15) is 14.4 Å². The van der Waals surface area contributed by atoms with E-state index in [0.29, 0.717) is 60.9 Å². The van der Waals surface area contributed by atoms with Crippen molar-refractivity contribution in [3.63, 3.8) is 0 Å². The molecule has 0 aliphatic carbocycles. The van der Waals surface area contributed by atoms with Crippen molar-refractivity contribution in [2.45, 2.75) is 31.8 Å². The van der Waals surface area contributed by atoms with Crippen molar-refractivity contribution >= 4 is 23.7 Å². The Bertz CT molecular complexity index is 1150. The first kappa shape index (κ1) is 23.4. The number of hydrogen-bond acceptors (Lipinski definition) is 7. The fourth-order valence-electron chi connectivity index (χ4n) is 4.32. The number of methoxy groups -OCH3 is 2. The average molecular weight is 466 g/mol. The molecule has 0 radical (unpaired) electrons. The number of hydrogen-bond donors (Lipinski definition) is 0. The highest BCUT2D eigenvalue weighted by Crippen LogP contribution is 2.40. The van der Waals surface area contributed by atoms with E-state index in [1.165, 1.54) is 20.1 Å². The lowest BCUT2D eigenvalue weighted by Crippen LogP contribution is -2.52. The number of esters is 1. The Kier molecular flexibility index (Phi) is 6.58. The van der Waals surface area contributed by atoms with Crippen molar-refractivity contribution in [3.05, 3.63) is 53.6 Å². The predicted molar refractivity (Wildman–Crippen MR) is 124 cm³/mol. The number of likely N-dealkylation sites (tertiary alicyclic amines) is 1. The van der Waals surface area contributed by atoms with Crippen LogP contribution in [-0.4, -0.2) is 55.5 Å². The second-order valence-electron chi connectivity index (χ2n) is 8.41.